The van der Waals surface area contributed by atoms with E-state index in [0.29, 0.717) is 0 Å². The number of aryl methyl sites for hydroxylation is 1. The predicted octanol–water partition coefficient (Wildman–Crippen LogP) is 4.02. The molecule has 0 saturated heterocycles. The quantitative estimate of drug-likeness (QED) is 0.417. The molecule has 0 heterocycles. The van der Waals surface area contributed by atoms with Gasteiger partial charge < -0.3 is 9.64 Å². The molecule has 1 amide bonds. The van der Waals surface area contributed by atoms with E-state index in [4.69, 9.17) is 4.74 Å². The summed E-state index contributed by atoms with van der Waals surface area (Å²) in [6.07, 6.45) is 0.173. The Morgan fingerprint density at radius 2 is 1.89 bits per heavy atom. The summed E-state index contributed by atoms with van der Waals surface area (Å²) in [5, 5.41) is 11.5. The largest absolute Gasteiger partial charge is 0.462 e. The van der Waals surface area contributed by atoms with Crippen molar-refractivity contribution in [3.8, 4) is 0 Å². The molecule has 142 valence electrons. The monoisotopic (exact) mass is 370 g/mol. The van der Waals surface area contributed by atoms with Crippen molar-refractivity contribution in [3.05, 3.63) is 69.3 Å². The number of amides is 1. The molecule has 0 bridgehead atoms. The van der Waals surface area contributed by atoms with Crippen LogP contribution in [0.25, 0.3) is 0 Å². The minimum atomic E-state index is -0.590. The van der Waals surface area contributed by atoms with Crippen LogP contribution in [0.1, 0.15) is 41.8 Å². The highest BCUT2D eigenvalue weighted by Crippen LogP contribution is 2.31. The zero-order valence-electron chi connectivity index (χ0n) is 15.6. The molecule has 2 aromatic rings. The van der Waals surface area contributed by atoms with Gasteiger partial charge in [-0.25, -0.2) is 4.79 Å². The molecule has 0 N–H and O–H groups in total. The molecule has 2 rings (SSSR count). The molecule has 27 heavy (non-hydrogen) atoms. The number of ether oxygens (including phenoxy) is 1. The average molecular weight is 370 g/mol. The van der Waals surface area contributed by atoms with Crippen molar-refractivity contribution in [2.24, 2.45) is 0 Å². The molecule has 0 aliphatic carbocycles. The predicted molar refractivity (Wildman–Crippen MR) is 102 cm³/mol. The van der Waals surface area contributed by atoms with Gasteiger partial charge in [-0.15, -0.1) is 0 Å². The minimum absolute atomic E-state index is 0.0823. The van der Waals surface area contributed by atoms with Gasteiger partial charge in [0, 0.05) is 12.5 Å². The number of carbonyl (C=O) groups is 2. The first-order valence-corrected chi connectivity index (χ1v) is 8.68. The van der Waals surface area contributed by atoms with Crippen molar-refractivity contribution in [2.45, 2.75) is 33.7 Å². The first-order chi connectivity index (χ1) is 12.9. The van der Waals surface area contributed by atoms with E-state index < -0.39 is 10.9 Å². The molecule has 0 saturated carbocycles. The highest BCUT2D eigenvalue weighted by atomic mass is 16.6. The molecule has 0 atom stereocenters. The average Bonchev–Trinajstić information content (AvgIpc) is 2.65. The Kier molecular flexibility index (Phi) is 6.65. The van der Waals surface area contributed by atoms with E-state index in [-0.39, 0.29) is 42.4 Å². The summed E-state index contributed by atoms with van der Waals surface area (Å²) in [6.45, 7) is 5.65. The molecule has 0 unspecified atom stereocenters. The van der Waals surface area contributed by atoms with Crippen LogP contribution in [0.5, 0.6) is 0 Å². The van der Waals surface area contributed by atoms with Crippen LogP contribution in [0.2, 0.25) is 0 Å². The topological polar surface area (TPSA) is 89.8 Å². The van der Waals surface area contributed by atoms with Crippen LogP contribution in [0.3, 0.4) is 0 Å². The Bertz CT molecular complexity index is 863. The van der Waals surface area contributed by atoms with Crippen LogP contribution in [-0.2, 0) is 16.1 Å². The van der Waals surface area contributed by atoms with Crippen molar-refractivity contribution in [1.82, 2.24) is 0 Å². The number of esters is 1. The molecular formula is C20H22N2O5. The molecule has 7 heteroatoms. The van der Waals surface area contributed by atoms with Gasteiger partial charge in [0.1, 0.15) is 5.69 Å². The third-order valence-electron chi connectivity index (χ3n) is 4.00. The lowest BCUT2D eigenvalue weighted by Gasteiger charge is -2.23. The summed E-state index contributed by atoms with van der Waals surface area (Å²) >= 11 is 0. The fourth-order valence-electron chi connectivity index (χ4n) is 2.73. The number of hydrogen-bond acceptors (Lipinski definition) is 5. The lowest BCUT2D eigenvalue weighted by molar-refractivity contribution is -0.384. The van der Waals surface area contributed by atoms with Gasteiger partial charge in [0.15, 0.2) is 0 Å². The highest BCUT2D eigenvalue weighted by molar-refractivity contribution is 5.98. The van der Waals surface area contributed by atoms with Crippen LogP contribution < -0.4 is 4.90 Å². The van der Waals surface area contributed by atoms with Crippen LogP contribution in [0, 0.1) is 17.0 Å². The first-order valence-electron chi connectivity index (χ1n) is 8.68. The maximum Gasteiger partial charge on any atom is 0.338 e. The fraction of sp³-hybridized carbons (Fsp3) is 0.300. The zero-order chi connectivity index (χ0) is 20.0. The summed E-state index contributed by atoms with van der Waals surface area (Å²) < 4.78 is 4.97. The van der Waals surface area contributed by atoms with Gasteiger partial charge in [-0.1, -0.05) is 36.8 Å². The Hall–Kier alpha value is -3.22. The number of carbonyl (C=O) groups excluding carboxylic acids is 2. The van der Waals surface area contributed by atoms with Gasteiger partial charge in [0.2, 0.25) is 5.91 Å². The SMILES string of the molecule is CCOC(=O)c1ccc([N+](=O)[O-])c(N(Cc2cccc(C)c2)C(=O)CC)c1. The summed E-state index contributed by atoms with van der Waals surface area (Å²) in [5.41, 5.74) is 1.87. The summed E-state index contributed by atoms with van der Waals surface area (Å²) in [4.78, 5) is 36.9. The Morgan fingerprint density at radius 1 is 1.15 bits per heavy atom. The van der Waals surface area contributed by atoms with Gasteiger partial charge in [-0.3, -0.25) is 14.9 Å². The molecule has 0 spiro atoms. The van der Waals surface area contributed by atoms with E-state index in [1.807, 2.05) is 31.2 Å². The second-order valence-corrected chi connectivity index (χ2v) is 6.00. The van der Waals surface area contributed by atoms with Crippen molar-refractivity contribution >= 4 is 23.3 Å². The van der Waals surface area contributed by atoms with Crippen LogP contribution in [0.4, 0.5) is 11.4 Å². The Morgan fingerprint density at radius 3 is 2.48 bits per heavy atom. The number of nitrogens with zero attached hydrogens (tertiary/aromatic N) is 2. The zero-order valence-corrected chi connectivity index (χ0v) is 15.6. The van der Waals surface area contributed by atoms with Crippen LogP contribution >= 0.6 is 0 Å². The number of nitro benzene ring substituents is 1. The molecule has 0 aliphatic rings. The third kappa shape index (κ3) is 4.91. The first kappa shape index (κ1) is 20.1. The smallest absolute Gasteiger partial charge is 0.338 e. The van der Waals surface area contributed by atoms with E-state index in [2.05, 4.69) is 0 Å². The van der Waals surface area contributed by atoms with Crippen molar-refractivity contribution in [2.75, 3.05) is 11.5 Å². The van der Waals surface area contributed by atoms with Crippen molar-refractivity contribution < 1.29 is 19.2 Å². The molecule has 7 nitrogen and oxygen atoms in total. The summed E-state index contributed by atoms with van der Waals surface area (Å²) in [6, 6.07) is 11.5. The van der Waals surface area contributed by atoms with Gasteiger partial charge in [0.05, 0.1) is 23.6 Å². The van der Waals surface area contributed by atoms with E-state index >= 15 is 0 Å². The number of anilines is 1. The van der Waals surface area contributed by atoms with E-state index in [9.17, 15) is 19.7 Å². The molecule has 2 aromatic carbocycles. The molecule has 0 aromatic heterocycles. The molecule has 0 radical (unpaired) electrons. The van der Waals surface area contributed by atoms with Crippen molar-refractivity contribution in [3.63, 3.8) is 0 Å². The second-order valence-electron chi connectivity index (χ2n) is 6.00. The van der Waals surface area contributed by atoms with Crippen molar-refractivity contribution in [1.29, 1.82) is 0 Å². The van der Waals surface area contributed by atoms with Gasteiger partial charge in [-0.2, -0.15) is 0 Å². The van der Waals surface area contributed by atoms with Gasteiger partial charge >= 0.3 is 5.97 Å². The Labute approximate surface area is 157 Å². The number of benzene rings is 2. The maximum absolute atomic E-state index is 12.6. The lowest BCUT2D eigenvalue weighted by atomic mass is 10.1. The van der Waals surface area contributed by atoms with Crippen LogP contribution in [0.15, 0.2) is 42.5 Å². The van der Waals surface area contributed by atoms with Gasteiger partial charge in [0.25, 0.3) is 5.69 Å². The maximum atomic E-state index is 12.6. The lowest BCUT2D eigenvalue weighted by Crippen LogP contribution is -2.30. The summed E-state index contributed by atoms with van der Waals surface area (Å²) in [5.74, 6) is -0.867. The second kappa shape index (κ2) is 8.93. The number of rotatable bonds is 7. The van der Waals surface area contributed by atoms with Crippen LogP contribution in [-0.4, -0.2) is 23.4 Å². The summed E-state index contributed by atoms with van der Waals surface area (Å²) in [7, 11) is 0. The Balaban J connectivity index is 2.54. The molecule has 0 aliphatic heterocycles. The number of nitro groups is 1. The van der Waals surface area contributed by atoms with E-state index in [1.165, 1.54) is 23.1 Å². The fourth-order valence-corrected chi connectivity index (χ4v) is 2.73. The highest BCUT2D eigenvalue weighted by Gasteiger charge is 2.25. The standard InChI is InChI=1S/C20H22N2O5/c1-4-19(23)21(13-15-8-6-7-14(3)11-15)18-12-16(20(24)27-5-2)9-10-17(18)22(25)26/h6-12H,4-5,13H2,1-3H3. The van der Waals surface area contributed by atoms with E-state index in [0.717, 1.165) is 11.1 Å². The molecular weight excluding hydrogens is 348 g/mol. The van der Waals surface area contributed by atoms with E-state index in [1.54, 1.807) is 13.8 Å². The molecule has 0 fully saturated rings. The number of hydrogen-bond donors (Lipinski definition) is 0. The minimum Gasteiger partial charge on any atom is -0.462 e. The van der Waals surface area contributed by atoms with Gasteiger partial charge in [-0.05, 0) is 31.5 Å². The normalized spacial score (nSPS) is 10.3. The third-order valence-corrected chi connectivity index (χ3v) is 4.00.